The van der Waals surface area contributed by atoms with Crippen LogP contribution >= 0.6 is 0 Å². The van der Waals surface area contributed by atoms with Crippen molar-refractivity contribution in [2.45, 2.75) is 6.42 Å². The number of aliphatic hydroxyl groups excluding tert-OH is 1. The predicted octanol–water partition coefficient (Wildman–Crippen LogP) is -1.28. The van der Waals surface area contributed by atoms with Crippen molar-refractivity contribution in [1.82, 2.24) is 10.6 Å². The van der Waals surface area contributed by atoms with E-state index in [4.69, 9.17) is 9.84 Å². The summed E-state index contributed by atoms with van der Waals surface area (Å²) in [6.45, 7) is 3.27. The molecule has 1 aliphatic heterocycles. The van der Waals surface area contributed by atoms with Crippen molar-refractivity contribution in [3.63, 3.8) is 0 Å². The van der Waals surface area contributed by atoms with E-state index < -0.39 is 0 Å². The summed E-state index contributed by atoms with van der Waals surface area (Å²) >= 11 is 0. The summed E-state index contributed by atoms with van der Waals surface area (Å²) in [6.07, 6.45) is 0.798. The fraction of sp³-hybridized carbons (Fsp3) is 0.889. The highest BCUT2D eigenvalue weighted by molar-refractivity contribution is 5.79. The summed E-state index contributed by atoms with van der Waals surface area (Å²) in [5.74, 6) is 0.291. The van der Waals surface area contributed by atoms with Crippen molar-refractivity contribution in [3.8, 4) is 0 Å². The Hall–Kier alpha value is -0.650. The summed E-state index contributed by atoms with van der Waals surface area (Å²) in [4.78, 5) is 11.3. The fourth-order valence-corrected chi connectivity index (χ4v) is 1.17. The largest absolute Gasteiger partial charge is 0.394 e. The SMILES string of the molecule is O=C(NCCCOCCO)C1CNC1. The Morgan fingerprint density at radius 2 is 2.29 bits per heavy atom. The summed E-state index contributed by atoms with van der Waals surface area (Å²) < 4.78 is 5.05. The second-order valence-corrected chi connectivity index (χ2v) is 3.34. The van der Waals surface area contributed by atoms with Gasteiger partial charge in [-0.2, -0.15) is 0 Å². The van der Waals surface area contributed by atoms with Crippen LogP contribution in [-0.2, 0) is 9.53 Å². The van der Waals surface area contributed by atoms with Crippen LogP contribution in [0, 0.1) is 5.92 Å². The Morgan fingerprint density at radius 3 is 2.86 bits per heavy atom. The first kappa shape index (κ1) is 11.4. The Morgan fingerprint density at radius 1 is 1.50 bits per heavy atom. The third-order valence-corrected chi connectivity index (χ3v) is 2.15. The minimum atomic E-state index is 0.0557. The van der Waals surface area contributed by atoms with Crippen LogP contribution < -0.4 is 10.6 Å². The maximum absolute atomic E-state index is 11.3. The van der Waals surface area contributed by atoms with E-state index in [9.17, 15) is 4.79 Å². The molecule has 5 heteroatoms. The van der Waals surface area contributed by atoms with Crippen LogP contribution in [0.15, 0.2) is 0 Å². The second-order valence-electron chi connectivity index (χ2n) is 3.34. The van der Waals surface area contributed by atoms with Gasteiger partial charge in [-0.3, -0.25) is 4.79 Å². The van der Waals surface area contributed by atoms with Gasteiger partial charge in [0, 0.05) is 26.2 Å². The number of hydrogen-bond acceptors (Lipinski definition) is 4. The van der Waals surface area contributed by atoms with Gasteiger partial charge >= 0.3 is 0 Å². The molecule has 3 N–H and O–H groups in total. The average Bonchev–Trinajstić information content (AvgIpc) is 2.08. The van der Waals surface area contributed by atoms with Crippen LogP contribution in [0.2, 0.25) is 0 Å². The zero-order chi connectivity index (χ0) is 10.2. The zero-order valence-corrected chi connectivity index (χ0v) is 8.29. The smallest absolute Gasteiger partial charge is 0.225 e. The van der Waals surface area contributed by atoms with E-state index in [0.29, 0.717) is 19.8 Å². The van der Waals surface area contributed by atoms with Crippen LogP contribution in [0.4, 0.5) is 0 Å². The van der Waals surface area contributed by atoms with E-state index in [1.807, 2.05) is 0 Å². The van der Waals surface area contributed by atoms with E-state index >= 15 is 0 Å². The molecule has 0 atom stereocenters. The Kier molecular flexibility index (Phi) is 5.51. The lowest BCUT2D eigenvalue weighted by molar-refractivity contribution is -0.126. The highest BCUT2D eigenvalue weighted by atomic mass is 16.5. The lowest BCUT2D eigenvalue weighted by Gasteiger charge is -2.25. The highest BCUT2D eigenvalue weighted by Gasteiger charge is 2.23. The molecule has 0 unspecified atom stereocenters. The summed E-state index contributed by atoms with van der Waals surface area (Å²) in [5.41, 5.74) is 0. The summed E-state index contributed by atoms with van der Waals surface area (Å²) in [7, 11) is 0. The molecule has 14 heavy (non-hydrogen) atoms. The van der Waals surface area contributed by atoms with Crippen LogP contribution in [0.5, 0.6) is 0 Å². The molecule has 0 saturated carbocycles. The van der Waals surface area contributed by atoms with E-state index in [1.165, 1.54) is 0 Å². The van der Waals surface area contributed by atoms with Gasteiger partial charge in [0.1, 0.15) is 0 Å². The van der Waals surface area contributed by atoms with E-state index in [1.54, 1.807) is 0 Å². The number of amides is 1. The first-order valence-electron chi connectivity index (χ1n) is 5.01. The molecule has 0 aromatic carbocycles. The van der Waals surface area contributed by atoms with Crippen molar-refractivity contribution in [3.05, 3.63) is 0 Å². The van der Waals surface area contributed by atoms with Crippen LogP contribution in [0.1, 0.15) is 6.42 Å². The average molecular weight is 202 g/mol. The highest BCUT2D eigenvalue weighted by Crippen LogP contribution is 2.01. The molecular formula is C9H18N2O3. The molecule has 0 aliphatic carbocycles. The second kappa shape index (κ2) is 6.75. The van der Waals surface area contributed by atoms with Crippen LogP contribution in [0.25, 0.3) is 0 Å². The number of carbonyl (C=O) groups excluding carboxylic acids is 1. The minimum absolute atomic E-state index is 0.0557. The van der Waals surface area contributed by atoms with Gasteiger partial charge in [-0.25, -0.2) is 0 Å². The lowest BCUT2D eigenvalue weighted by Crippen LogP contribution is -2.50. The van der Waals surface area contributed by atoms with Crippen molar-refractivity contribution in [2.75, 3.05) is 39.5 Å². The zero-order valence-electron chi connectivity index (χ0n) is 8.29. The minimum Gasteiger partial charge on any atom is -0.394 e. The molecule has 0 aromatic rings. The molecule has 1 rings (SSSR count). The first-order valence-corrected chi connectivity index (χ1v) is 5.01. The fourth-order valence-electron chi connectivity index (χ4n) is 1.17. The molecule has 0 aromatic heterocycles. The normalized spacial score (nSPS) is 16.4. The molecule has 82 valence electrons. The third kappa shape index (κ3) is 4.04. The van der Waals surface area contributed by atoms with Crippen LogP contribution in [-0.4, -0.2) is 50.5 Å². The van der Waals surface area contributed by atoms with Crippen molar-refractivity contribution < 1.29 is 14.6 Å². The lowest BCUT2D eigenvalue weighted by atomic mass is 10.0. The van der Waals surface area contributed by atoms with E-state index in [2.05, 4.69) is 10.6 Å². The van der Waals surface area contributed by atoms with Gasteiger partial charge < -0.3 is 20.5 Å². The molecule has 5 nitrogen and oxygen atoms in total. The Labute approximate surface area is 83.8 Å². The Bertz CT molecular complexity index is 171. The van der Waals surface area contributed by atoms with Gasteiger partial charge in [-0.05, 0) is 6.42 Å². The quantitative estimate of drug-likeness (QED) is 0.450. The van der Waals surface area contributed by atoms with Gasteiger partial charge in [0.15, 0.2) is 0 Å². The molecule has 1 aliphatic rings. The van der Waals surface area contributed by atoms with Gasteiger partial charge in [0.25, 0.3) is 0 Å². The summed E-state index contributed by atoms with van der Waals surface area (Å²) in [5, 5.41) is 14.3. The van der Waals surface area contributed by atoms with Crippen molar-refractivity contribution in [1.29, 1.82) is 0 Å². The molecule has 1 amide bonds. The molecule has 0 bridgehead atoms. The van der Waals surface area contributed by atoms with Gasteiger partial charge in [-0.15, -0.1) is 0 Å². The van der Waals surface area contributed by atoms with Crippen molar-refractivity contribution >= 4 is 5.91 Å². The number of aliphatic hydroxyl groups is 1. The molecule has 1 heterocycles. The monoisotopic (exact) mass is 202 g/mol. The van der Waals surface area contributed by atoms with E-state index in [0.717, 1.165) is 19.5 Å². The van der Waals surface area contributed by atoms with Crippen molar-refractivity contribution in [2.24, 2.45) is 5.92 Å². The molecule has 0 radical (unpaired) electrons. The molecule has 1 saturated heterocycles. The summed E-state index contributed by atoms with van der Waals surface area (Å²) in [6, 6.07) is 0. The topological polar surface area (TPSA) is 70.6 Å². The number of carbonyl (C=O) groups is 1. The number of rotatable bonds is 7. The maximum Gasteiger partial charge on any atom is 0.225 e. The predicted molar refractivity (Wildman–Crippen MR) is 51.9 cm³/mol. The molecule has 0 spiro atoms. The number of hydrogen-bond donors (Lipinski definition) is 3. The van der Waals surface area contributed by atoms with Gasteiger partial charge in [0.2, 0.25) is 5.91 Å². The maximum atomic E-state index is 11.3. The Balaban J connectivity index is 1.85. The first-order chi connectivity index (χ1) is 6.84. The van der Waals surface area contributed by atoms with E-state index in [-0.39, 0.29) is 18.4 Å². The van der Waals surface area contributed by atoms with Gasteiger partial charge in [-0.1, -0.05) is 0 Å². The van der Waals surface area contributed by atoms with Gasteiger partial charge in [0.05, 0.1) is 19.1 Å². The third-order valence-electron chi connectivity index (χ3n) is 2.15. The number of ether oxygens (including phenoxy) is 1. The molecule has 1 fully saturated rings. The standard InChI is InChI=1S/C9H18N2O3/c12-3-5-14-4-1-2-11-9(13)8-6-10-7-8/h8,10,12H,1-7H2,(H,11,13). The van der Waals surface area contributed by atoms with Crippen LogP contribution in [0.3, 0.4) is 0 Å². The number of nitrogens with one attached hydrogen (secondary N) is 2. The molecular weight excluding hydrogens is 184 g/mol.